The van der Waals surface area contributed by atoms with E-state index in [1.54, 1.807) is 0 Å². The zero-order chi connectivity index (χ0) is 16.4. The minimum absolute atomic E-state index is 0.0170. The molecule has 3 rings (SSSR count). The van der Waals surface area contributed by atoms with Gasteiger partial charge in [-0.25, -0.2) is 4.98 Å². The van der Waals surface area contributed by atoms with Gasteiger partial charge >= 0.3 is 0 Å². The summed E-state index contributed by atoms with van der Waals surface area (Å²) in [5.41, 5.74) is 2.28. The Morgan fingerprint density at radius 2 is 1.74 bits per heavy atom. The summed E-state index contributed by atoms with van der Waals surface area (Å²) in [7, 11) is 0. The van der Waals surface area contributed by atoms with Gasteiger partial charge in [0.25, 0.3) is 0 Å². The third kappa shape index (κ3) is 2.97. The van der Waals surface area contributed by atoms with Crippen LogP contribution in [0.4, 0.5) is 0 Å². The van der Waals surface area contributed by atoms with Crippen molar-refractivity contribution in [2.45, 2.75) is 32.2 Å². The van der Waals surface area contributed by atoms with Gasteiger partial charge in [0.2, 0.25) is 5.91 Å². The summed E-state index contributed by atoms with van der Waals surface area (Å²) in [6.45, 7) is 5.81. The number of nitrogens with zero attached hydrogens (tertiary/aromatic N) is 1. The van der Waals surface area contributed by atoms with Gasteiger partial charge in [-0.1, -0.05) is 42.5 Å². The summed E-state index contributed by atoms with van der Waals surface area (Å²) >= 11 is 0. The molecule has 2 N–H and O–H groups in total. The smallest absolute Gasteiger partial charge is 0.230 e. The first-order valence-electron chi connectivity index (χ1n) is 7.79. The van der Waals surface area contributed by atoms with Crippen molar-refractivity contribution in [1.82, 2.24) is 15.3 Å². The number of aromatic nitrogens is 2. The van der Waals surface area contributed by atoms with Crippen molar-refractivity contribution in [3.63, 3.8) is 0 Å². The van der Waals surface area contributed by atoms with Gasteiger partial charge < -0.3 is 10.3 Å². The fourth-order valence-corrected chi connectivity index (χ4v) is 2.61. The second kappa shape index (κ2) is 5.88. The minimum atomic E-state index is -0.596. The van der Waals surface area contributed by atoms with Crippen LogP contribution < -0.4 is 5.32 Å². The van der Waals surface area contributed by atoms with Crippen LogP contribution in [0.25, 0.3) is 11.0 Å². The van der Waals surface area contributed by atoms with Gasteiger partial charge in [-0.05, 0) is 38.5 Å². The molecule has 4 heteroatoms. The zero-order valence-electron chi connectivity index (χ0n) is 13.6. The average molecular weight is 307 g/mol. The normalized spacial score (nSPS) is 13.0. The number of imidazole rings is 1. The number of hydrogen-bond acceptors (Lipinski definition) is 2. The average Bonchev–Trinajstić information content (AvgIpc) is 2.99. The number of H-pyrrole nitrogens is 1. The maximum Gasteiger partial charge on any atom is 0.230 e. The highest BCUT2D eigenvalue weighted by atomic mass is 16.2. The highest BCUT2D eigenvalue weighted by molar-refractivity contribution is 5.87. The lowest BCUT2D eigenvalue weighted by atomic mass is 9.83. The van der Waals surface area contributed by atoms with Crippen molar-refractivity contribution >= 4 is 16.9 Å². The second-order valence-electron chi connectivity index (χ2n) is 6.33. The number of fused-ring (bicyclic) bond motifs is 1. The van der Waals surface area contributed by atoms with Gasteiger partial charge in [-0.15, -0.1) is 0 Å². The van der Waals surface area contributed by atoms with Gasteiger partial charge in [0.05, 0.1) is 22.5 Å². The molecule has 0 radical (unpaired) electrons. The highest BCUT2D eigenvalue weighted by Crippen LogP contribution is 2.24. The van der Waals surface area contributed by atoms with Crippen LogP contribution in [-0.4, -0.2) is 15.9 Å². The number of nitrogens with one attached hydrogen (secondary N) is 2. The molecule has 0 aliphatic carbocycles. The summed E-state index contributed by atoms with van der Waals surface area (Å²) in [5.74, 6) is 0.750. The Kier molecular flexibility index (Phi) is 3.90. The molecule has 2 aromatic carbocycles. The Morgan fingerprint density at radius 3 is 2.43 bits per heavy atom. The first kappa shape index (κ1) is 15.3. The van der Waals surface area contributed by atoms with E-state index in [4.69, 9.17) is 0 Å². The van der Waals surface area contributed by atoms with Crippen molar-refractivity contribution < 1.29 is 4.79 Å². The third-order valence-corrected chi connectivity index (χ3v) is 4.23. The van der Waals surface area contributed by atoms with Gasteiger partial charge in [0, 0.05) is 0 Å². The fourth-order valence-electron chi connectivity index (χ4n) is 2.61. The predicted octanol–water partition coefficient (Wildman–Crippen LogP) is 3.72. The molecule has 3 aromatic rings. The van der Waals surface area contributed by atoms with Crippen LogP contribution >= 0.6 is 0 Å². The van der Waals surface area contributed by atoms with Crippen LogP contribution in [0.3, 0.4) is 0 Å². The molecule has 4 nitrogen and oxygen atoms in total. The van der Waals surface area contributed by atoms with Gasteiger partial charge in [-0.3, -0.25) is 4.79 Å². The predicted molar refractivity (Wildman–Crippen MR) is 92.1 cm³/mol. The van der Waals surface area contributed by atoms with Crippen LogP contribution in [0, 0.1) is 0 Å². The number of rotatable bonds is 4. The lowest BCUT2D eigenvalue weighted by Gasteiger charge is -2.26. The molecular formula is C19H21N3O. The largest absolute Gasteiger partial charge is 0.346 e. The molecule has 0 saturated carbocycles. The number of carbonyl (C=O) groups is 1. The van der Waals surface area contributed by atoms with Crippen LogP contribution in [0.1, 0.15) is 38.2 Å². The second-order valence-corrected chi connectivity index (χ2v) is 6.33. The Hall–Kier alpha value is -2.62. The summed E-state index contributed by atoms with van der Waals surface area (Å²) in [6.07, 6.45) is 0. The quantitative estimate of drug-likeness (QED) is 0.772. The maximum absolute atomic E-state index is 12.7. The van der Waals surface area contributed by atoms with Gasteiger partial charge in [-0.2, -0.15) is 0 Å². The van der Waals surface area contributed by atoms with Crippen molar-refractivity contribution in [3.05, 3.63) is 66.0 Å². The lowest BCUT2D eigenvalue weighted by molar-refractivity contribution is -0.126. The molecule has 0 aliphatic rings. The minimum Gasteiger partial charge on any atom is -0.346 e. The molecule has 0 unspecified atom stereocenters. The molecule has 0 aliphatic heterocycles. The molecule has 1 aromatic heterocycles. The van der Waals surface area contributed by atoms with Crippen LogP contribution in [0.15, 0.2) is 54.6 Å². The van der Waals surface area contributed by atoms with E-state index in [-0.39, 0.29) is 11.9 Å². The Bertz CT molecular complexity index is 788. The molecule has 1 amide bonds. The highest BCUT2D eigenvalue weighted by Gasteiger charge is 2.31. The number of para-hydroxylation sites is 2. The molecular weight excluding hydrogens is 286 g/mol. The molecule has 0 saturated heterocycles. The summed E-state index contributed by atoms with van der Waals surface area (Å²) in [4.78, 5) is 20.5. The van der Waals surface area contributed by atoms with Gasteiger partial charge in [0.15, 0.2) is 0 Å². The van der Waals surface area contributed by atoms with E-state index < -0.39 is 5.41 Å². The Labute approximate surface area is 136 Å². The Morgan fingerprint density at radius 1 is 1.09 bits per heavy atom. The lowest BCUT2D eigenvalue weighted by Crippen LogP contribution is -2.41. The molecule has 1 heterocycles. The number of aromatic amines is 1. The van der Waals surface area contributed by atoms with E-state index in [1.165, 1.54) is 0 Å². The SMILES string of the molecule is C[C@H](NC(=O)C(C)(C)c1ccccc1)c1nc2ccccc2[nH]1. The third-order valence-electron chi connectivity index (χ3n) is 4.23. The topological polar surface area (TPSA) is 57.8 Å². The van der Waals surface area contributed by atoms with Crippen LogP contribution in [-0.2, 0) is 10.2 Å². The van der Waals surface area contributed by atoms with E-state index in [1.807, 2.05) is 75.4 Å². The molecule has 1 atom stereocenters. The van der Waals surface area contributed by atoms with Crippen molar-refractivity contribution in [1.29, 1.82) is 0 Å². The van der Waals surface area contributed by atoms with E-state index in [0.29, 0.717) is 0 Å². The number of benzene rings is 2. The number of amides is 1. The molecule has 118 valence electrons. The molecule has 0 bridgehead atoms. The zero-order valence-corrected chi connectivity index (χ0v) is 13.6. The fraction of sp³-hybridized carbons (Fsp3) is 0.263. The monoisotopic (exact) mass is 307 g/mol. The Balaban J connectivity index is 1.79. The van der Waals surface area contributed by atoms with Crippen molar-refractivity contribution in [2.75, 3.05) is 0 Å². The van der Waals surface area contributed by atoms with Crippen molar-refractivity contribution in [3.8, 4) is 0 Å². The first-order valence-corrected chi connectivity index (χ1v) is 7.79. The summed E-state index contributed by atoms with van der Waals surface area (Å²) in [6, 6.07) is 17.5. The molecule has 0 spiro atoms. The van der Waals surface area contributed by atoms with Crippen molar-refractivity contribution in [2.24, 2.45) is 0 Å². The van der Waals surface area contributed by atoms with E-state index in [0.717, 1.165) is 22.4 Å². The first-order chi connectivity index (χ1) is 11.0. The summed E-state index contributed by atoms with van der Waals surface area (Å²) < 4.78 is 0. The molecule has 0 fully saturated rings. The maximum atomic E-state index is 12.7. The summed E-state index contributed by atoms with van der Waals surface area (Å²) in [5, 5.41) is 3.06. The van der Waals surface area contributed by atoms with Crippen LogP contribution in [0.2, 0.25) is 0 Å². The van der Waals surface area contributed by atoms with Crippen LogP contribution in [0.5, 0.6) is 0 Å². The van der Waals surface area contributed by atoms with E-state index in [2.05, 4.69) is 15.3 Å². The number of hydrogen-bond donors (Lipinski definition) is 2. The standard InChI is InChI=1S/C19H21N3O/c1-13(17-21-15-11-7-8-12-16(15)22-17)20-18(23)19(2,3)14-9-5-4-6-10-14/h4-13H,1-3H3,(H,20,23)(H,21,22)/t13-/m0/s1. The van der Waals surface area contributed by atoms with Gasteiger partial charge in [0.1, 0.15) is 5.82 Å². The van der Waals surface area contributed by atoms with E-state index >= 15 is 0 Å². The number of carbonyl (C=O) groups excluding carboxylic acids is 1. The molecule has 23 heavy (non-hydrogen) atoms. The van der Waals surface area contributed by atoms with E-state index in [9.17, 15) is 4.79 Å².